The van der Waals surface area contributed by atoms with Gasteiger partial charge in [0.05, 0.1) is 12.5 Å². The number of piperidine rings is 1. The average Bonchev–Trinajstić information content (AvgIpc) is 3.33. The fourth-order valence-electron chi connectivity index (χ4n) is 4.36. The molecule has 0 radical (unpaired) electrons. The van der Waals surface area contributed by atoms with E-state index in [1.165, 1.54) is 0 Å². The third kappa shape index (κ3) is 5.19. The lowest BCUT2D eigenvalue weighted by molar-refractivity contribution is -0.121. The monoisotopic (exact) mass is 472 g/mol. The fraction of sp³-hybridized carbons (Fsp3) is 0.222. The molecule has 1 aromatic heterocycles. The quantitative estimate of drug-likeness (QED) is 0.378. The summed E-state index contributed by atoms with van der Waals surface area (Å²) >= 11 is 6.07. The van der Waals surface area contributed by atoms with Crippen molar-refractivity contribution in [2.75, 3.05) is 18.4 Å². The first-order chi connectivity index (χ1) is 16.7. The molecule has 0 aliphatic carbocycles. The van der Waals surface area contributed by atoms with Gasteiger partial charge in [0.1, 0.15) is 0 Å². The molecule has 1 atom stereocenters. The van der Waals surface area contributed by atoms with Crippen LogP contribution in [-0.2, 0) is 11.3 Å². The zero-order valence-electron chi connectivity index (χ0n) is 18.7. The standard InChI is InChI=1S/C27H25ClN4O2/c28-22-12-6-10-20(16-22)26-30-25(34-31-26)18-32-15-7-11-21(17-32)27(33)29-24-14-5-4-13-23(24)19-8-2-1-3-9-19/h1-6,8-10,12-14,16,21H,7,11,15,17-18H2,(H,29,33). The topological polar surface area (TPSA) is 71.3 Å². The number of para-hydroxylation sites is 1. The average molecular weight is 473 g/mol. The first-order valence-corrected chi connectivity index (χ1v) is 11.8. The molecule has 0 bridgehead atoms. The van der Waals surface area contributed by atoms with Crippen molar-refractivity contribution in [2.24, 2.45) is 5.92 Å². The lowest BCUT2D eigenvalue weighted by Crippen LogP contribution is -2.40. The molecule has 0 saturated carbocycles. The molecule has 1 unspecified atom stereocenters. The van der Waals surface area contributed by atoms with Crippen LogP contribution in [0.1, 0.15) is 18.7 Å². The second-order valence-electron chi connectivity index (χ2n) is 8.50. The van der Waals surface area contributed by atoms with Gasteiger partial charge in [-0.3, -0.25) is 9.69 Å². The predicted molar refractivity (Wildman–Crippen MR) is 133 cm³/mol. The van der Waals surface area contributed by atoms with Gasteiger partial charge in [-0.1, -0.05) is 77.4 Å². The highest BCUT2D eigenvalue weighted by molar-refractivity contribution is 6.30. The Kier molecular flexibility index (Phi) is 6.70. The molecule has 1 saturated heterocycles. The van der Waals surface area contributed by atoms with E-state index >= 15 is 0 Å². The number of nitrogens with zero attached hydrogens (tertiary/aromatic N) is 3. The fourth-order valence-corrected chi connectivity index (χ4v) is 4.55. The van der Waals surface area contributed by atoms with Crippen molar-refractivity contribution in [1.29, 1.82) is 0 Å². The summed E-state index contributed by atoms with van der Waals surface area (Å²) in [4.78, 5) is 19.9. The van der Waals surface area contributed by atoms with Gasteiger partial charge in [0.25, 0.3) is 0 Å². The molecule has 34 heavy (non-hydrogen) atoms. The van der Waals surface area contributed by atoms with Crippen molar-refractivity contribution in [3.05, 3.63) is 89.8 Å². The van der Waals surface area contributed by atoms with Gasteiger partial charge in [-0.15, -0.1) is 0 Å². The van der Waals surface area contributed by atoms with Crippen LogP contribution in [0, 0.1) is 5.92 Å². The Balaban J connectivity index is 1.24. The Morgan fingerprint density at radius 3 is 2.68 bits per heavy atom. The number of halogens is 1. The number of benzene rings is 3. The van der Waals surface area contributed by atoms with E-state index in [0.29, 0.717) is 29.8 Å². The molecule has 172 valence electrons. The Bertz CT molecular complexity index is 1270. The van der Waals surface area contributed by atoms with E-state index in [0.717, 1.165) is 41.8 Å². The number of hydrogen-bond donors (Lipinski definition) is 1. The second kappa shape index (κ2) is 10.2. The maximum Gasteiger partial charge on any atom is 0.241 e. The van der Waals surface area contributed by atoms with Crippen LogP contribution in [0.25, 0.3) is 22.5 Å². The number of carbonyl (C=O) groups excluding carboxylic acids is 1. The summed E-state index contributed by atoms with van der Waals surface area (Å²) < 4.78 is 5.47. The molecule has 1 N–H and O–H groups in total. The van der Waals surface area contributed by atoms with Crippen molar-refractivity contribution in [3.8, 4) is 22.5 Å². The van der Waals surface area contributed by atoms with E-state index in [1.807, 2.05) is 66.7 Å². The van der Waals surface area contributed by atoms with Gasteiger partial charge in [0, 0.05) is 28.4 Å². The Hall–Kier alpha value is -3.48. The van der Waals surface area contributed by atoms with Gasteiger partial charge >= 0.3 is 0 Å². The molecule has 1 aliphatic heterocycles. The first-order valence-electron chi connectivity index (χ1n) is 11.4. The van der Waals surface area contributed by atoms with E-state index in [2.05, 4.69) is 32.5 Å². The normalized spacial score (nSPS) is 16.3. The molecule has 1 fully saturated rings. The van der Waals surface area contributed by atoms with Crippen LogP contribution in [0.4, 0.5) is 5.69 Å². The molecular weight excluding hydrogens is 448 g/mol. The van der Waals surface area contributed by atoms with Crippen molar-refractivity contribution >= 4 is 23.2 Å². The van der Waals surface area contributed by atoms with Crippen LogP contribution in [-0.4, -0.2) is 34.0 Å². The molecule has 1 amide bonds. The molecule has 6 nitrogen and oxygen atoms in total. The summed E-state index contributed by atoms with van der Waals surface area (Å²) in [7, 11) is 0. The van der Waals surface area contributed by atoms with Crippen LogP contribution in [0.3, 0.4) is 0 Å². The van der Waals surface area contributed by atoms with Crippen molar-refractivity contribution in [3.63, 3.8) is 0 Å². The highest BCUT2D eigenvalue weighted by Crippen LogP contribution is 2.29. The third-order valence-electron chi connectivity index (χ3n) is 6.06. The third-order valence-corrected chi connectivity index (χ3v) is 6.29. The van der Waals surface area contributed by atoms with Gasteiger partial charge in [-0.25, -0.2) is 0 Å². The minimum Gasteiger partial charge on any atom is -0.338 e. The van der Waals surface area contributed by atoms with Crippen LogP contribution in [0.15, 0.2) is 83.4 Å². The van der Waals surface area contributed by atoms with E-state index in [-0.39, 0.29) is 11.8 Å². The van der Waals surface area contributed by atoms with E-state index in [4.69, 9.17) is 16.1 Å². The number of amides is 1. The largest absolute Gasteiger partial charge is 0.338 e. The lowest BCUT2D eigenvalue weighted by Gasteiger charge is -2.31. The van der Waals surface area contributed by atoms with Crippen molar-refractivity contribution in [2.45, 2.75) is 19.4 Å². The van der Waals surface area contributed by atoms with Crippen molar-refractivity contribution < 1.29 is 9.32 Å². The summed E-state index contributed by atoms with van der Waals surface area (Å²) in [5.74, 6) is 0.984. The second-order valence-corrected chi connectivity index (χ2v) is 8.93. The van der Waals surface area contributed by atoms with E-state index in [1.54, 1.807) is 0 Å². The van der Waals surface area contributed by atoms with Gasteiger partial charge in [-0.05, 0) is 43.1 Å². The number of hydrogen-bond acceptors (Lipinski definition) is 5. The Morgan fingerprint density at radius 2 is 1.82 bits per heavy atom. The highest BCUT2D eigenvalue weighted by atomic mass is 35.5. The summed E-state index contributed by atoms with van der Waals surface area (Å²) in [6.45, 7) is 2.05. The number of likely N-dealkylation sites (tertiary alicyclic amines) is 1. The Labute approximate surface area is 203 Å². The molecule has 1 aliphatic rings. The van der Waals surface area contributed by atoms with Crippen LogP contribution < -0.4 is 5.32 Å². The van der Waals surface area contributed by atoms with E-state index < -0.39 is 0 Å². The summed E-state index contributed by atoms with van der Waals surface area (Å²) in [6.07, 6.45) is 1.79. The number of anilines is 1. The predicted octanol–water partition coefficient (Wildman–Crippen LogP) is 5.91. The molecule has 7 heteroatoms. The molecule has 0 spiro atoms. The van der Waals surface area contributed by atoms with Gasteiger partial charge < -0.3 is 9.84 Å². The van der Waals surface area contributed by atoms with Gasteiger partial charge in [-0.2, -0.15) is 4.98 Å². The van der Waals surface area contributed by atoms with E-state index in [9.17, 15) is 4.79 Å². The van der Waals surface area contributed by atoms with Crippen LogP contribution in [0.2, 0.25) is 5.02 Å². The SMILES string of the molecule is O=C(Nc1ccccc1-c1ccccc1)C1CCCN(Cc2nc(-c3cccc(Cl)c3)no2)C1. The van der Waals surface area contributed by atoms with Crippen LogP contribution >= 0.6 is 11.6 Å². The lowest BCUT2D eigenvalue weighted by atomic mass is 9.96. The molecule has 5 rings (SSSR count). The summed E-state index contributed by atoms with van der Waals surface area (Å²) in [5, 5.41) is 7.88. The maximum absolute atomic E-state index is 13.2. The summed E-state index contributed by atoms with van der Waals surface area (Å²) in [6, 6.07) is 25.4. The maximum atomic E-state index is 13.2. The van der Waals surface area contributed by atoms with Gasteiger partial charge in [0.2, 0.25) is 17.6 Å². The minimum absolute atomic E-state index is 0.0400. The number of rotatable bonds is 6. The minimum atomic E-state index is -0.104. The zero-order chi connectivity index (χ0) is 23.3. The van der Waals surface area contributed by atoms with Crippen molar-refractivity contribution in [1.82, 2.24) is 15.0 Å². The Morgan fingerprint density at radius 1 is 1.03 bits per heavy atom. The number of carbonyl (C=O) groups is 1. The number of aromatic nitrogens is 2. The molecule has 4 aromatic rings. The number of nitrogens with one attached hydrogen (secondary N) is 1. The summed E-state index contributed by atoms with van der Waals surface area (Å²) in [5.41, 5.74) is 3.74. The molecule has 2 heterocycles. The molecule has 3 aromatic carbocycles. The smallest absolute Gasteiger partial charge is 0.241 e. The zero-order valence-corrected chi connectivity index (χ0v) is 19.4. The highest BCUT2D eigenvalue weighted by Gasteiger charge is 2.27. The van der Waals surface area contributed by atoms with Crippen LogP contribution in [0.5, 0.6) is 0 Å². The van der Waals surface area contributed by atoms with Gasteiger partial charge in [0.15, 0.2) is 0 Å². The first kappa shape index (κ1) is 22.3. The molecular formula is C27H25ClN4O2.